The predicted molar refractivity (Wildman–Crippen MR) is 76.1 cm³/mol. The Labute approximate surface area is 127 Å². The van der Waals surface area contributed by atoms with Gasteiger partial charge in [-0.15, -0.1) is 0 Å². The monoisotopic (exact) mass is 318 g/mol. The van der Waals surface area contributed by atoms with Gasteiger partial charge in [0.1, 0.15) is 11.6 Å². The Bertz CT molecular complexity index is 485. The molecule has 2 N–H and O–H groups in total. The van der Waals surface area contributed by atoms with Crippen LogP contribution >= 0.6 is 23.2 Å². The molecule has 0 aromatic carbocycles. The molecule has 0 aliphatic heterocycles. The smallest absolute Gasteiger partial charge is 0.232 e. The summed E-state index contributed by atoms with van der Waals surface area (Å²) in [7, 11) is 0. The minimum atomic E-state index is -0.525. The third-order valence-electron chi connectivity index (χ3n) is 3.23. The Hall–Kier alpha value is -1.04. The van der Waals surface area contributed by atoms with Crippen molar-refractivity contribution in [2.75, 3.05) is 13.2 Å². The molecule has 1 saturated carbocycles. The van der Waals surface area contributed by atoms with Gasteiger partial charge in [0.15, 0.2) is 0 Å². The van der Waals surface area contributed by atoms with E-state index in [-0.39, 0.29) is 24.3 Å². The number of ether oxygens (including phenoxy) is 1. The predicted octanol–water partition coefficient (Wildman–Crippen LogP) is 2.04. The molecule has 20 heavy (non-hydrogen) atoms. The maximum absolute atomic E-state index is 11.8. The number of pyridine rings is 1. The van der Waals surface area contributed by atoms with E-state index in [1.807, 2.05) is 0 Å². The highest BCUT2D eigenvalue weighted by Gasteiger charge is 2.30. The fourth-order valence-electron chi connectivity index (χ4n) is 2.21. The molecule has 0 bridgehead atoms. The van der Waals surface area contributed by atoms with Gasteiger partial charge in [-0.2, -0.15) is 0 Å². The zero-order valence-electron chi connectivity index (χ0n) is 10.8. The minimum absolute atomic E-state index is 0.131. The highest BCUT2D eigenvalue weighted by atomic mass is 35.5. The topological polar surface area (TPSA) is 71.5 Å². The van der Waals surface area contributed by atoms with Crippen molar-refractivity contribution in [3.63, 3.8) is 0 Å². The lowest BCUT2D eigenvalue weighted by molar-refractivity contribution is -0.127. The Balaban J connectivity index is 1.72. The average molecular weight is 319 g/mol. The number of hydrogen-bond donors (Lipinski definition) is 2. The van der Waals surface area contributed by atoms with Crippen LogP contribution in [0.3, 0.4) is 0 Å². The maximum atomic E-state index is 11.8. The van der Waals surface area contributed by atoms with E-state index in [1.54, 1.807) is 6.07 Å². The lowest BCUT2D eigenvalue weighted by atomic mass is 10.1. The highest BCUT2D eigenvalue weighted by Crippen LogP contribution is 2.26. The van der Waals surface area contributed by atoms with Crippen LogP contribution in [0, 0.1) is 5.92 Å². The van der Waals surface area contributed by atoms with Gasteiger partial charge < -0.3 is 15.2 Å². The van der Waals surface area contributed by atoms with E-state index in [2.05, 4.69) is 10.3 Å². The normalized spacial score (nSPS) is 21.8. The van der Waals surface area contributed by atoms with E-state index in [9.17, 15) is 9.90 Å². The minimum Gasteiger partial charge on any atom is -0.475 e. The van der Waals surface area contributed by atoms with Crippen LogP contribution in [-0.4, -0.2) is 35.3 Å². The second kappa shape index (κ2) is 7.11. The Kier molecular flexibility index (Phi) is 5.46. The molecule has 7 heteroatoms. The number of aliphatic hydroxyl groups excluding tert-OH is 1. The lowest BCUT2D eigenvalue weighted by Crippen LogP contribution is -2.36. The summed E-state index contributed by atoms with van der Waals surface area (Å²) in [5.74, 6) is -0.146. The Morgan fingerprint density at radius 3 is 2.95 bits per heavy atom. The summed E-state index contributed by atoms with van der Waals surface area (Å²) in [5.41, 5.74) is 0. The van der Waals surface area contributed by atoms with Crippen LogP contribution in [0.2, 0.25) is 10.0 Å². The number of nitrogens with zero attached hydrogens (tertiary/aromatic N) is 1. The number of aromatic nitrogens is 1. The van der Waals surface area contributed by atoms with E-state index in [4.69, 9.17) is 27.9 Å². The molecular formula is C13H16Cl2N2O3. The molecule has 2 rings (SSSR count). The van der Waals surface area contributed by atoms with Gasteiger partial charge in [-0.25, -0.2) is 4.98 Å². The van der Waals surface area contributed by atoms with Crippen molar-refractivity contribution < 1.29 is 14.6 Å². The summed E-state index contributed by atoms with van der Waals surface area (Å²) in [6.45, 7) is 0.589. The third kappa shape index (κ3) is 3.98. The van der Waals surface area contributed by atoms with Crippen molar-refractivity contribution in [1.82, 2.24) is 10.3 Å². The second-order valence-corrected chi connectivity index (χ2v) is 5.53. The molecule has 2 unspecified atom stereocenters. The molecule has 1 heterocycles. The number of aliphatic hydroxyl groups is 1. The van der Waals surface area contributed by atoms with Crippen LogP contribution in [-0.2, 0) is 4.79 Å². The summed E-state index contributed by atoms with van der Waals surface area (Å²) < 4.78 is 5.35. The first kappa shape index (κ1) is 15.4. The average Bonchev–Trinajstić information content (AvgIpc) is 2.83. The van der Waals surface area contributed by atoms with Gasteiger partial charge in [0.25, 0.3) is 0 Å². The summed E-state index contributed by atoms with van der Waals surface area (Å²) in [4.78, 5) is 15.7. The number of amides is 1. The lowest BCUT2D eigenvalue weighted by Gasteiger charge is -2.14. The second-order valence-electron chi connectivity index (χ2n) is 4.68. The van der Waals surface area contributed by atoms with Crippen molar-refractivity contribution in [3.8, 4) is 5.88 Å². The first-order chi connectivity index (χ1) is 9.58. The number of nitrogens with one attached hydrogen (secondary N) is 1. The zero-order chi connectivity index (χ0) is 14.5. The Morgan fingerprint density at radius 2 is 2.30 bits per heavy atom. The van der Waals surface area contributed by atoms with E-state index in [0.717, 1.165) is 12.8 Å². The van der Waals surface area contributed by atoms with Crippen LogP contribution in [0.25, 0.3) is 0 Å². The third-order valence-corrected chi connectivity index (χ3v) is 3.71. The van der Waals surface area contributed by atoms with Gasteiger partial charge in [-0.3, -0.25) is 4.79 Å². The molecule has 1 amide bonds. The molecule has 1 fully saturated rings. The van der Waals surface area contributed by atoms with Crippen LogP contribution in [0.5, 0.6) is 5.88 Å². The van der Waals surface area contributed by atoms with E-state index in [0.29, 0.717) is 23.0 Å². The largest absolute Gasteiger partial charge is 0.475 e. The first-order valence-corrected chi connectivity index (χ1v) is 7.23. The highest BCUT2D eigenvalue weighted by molar-refractivity contribution is 6.35. The van der Waals surface area contributed by atoms with Crippen molar-refractivity contribution in [1.29, 1.82) is 0 Å². The number of halogens is 2. The van der Waals surface area contributed by atoms with Crippen LogP contribution in [0.1, 0.15) is 19.3 Å². The molecule has 110 valence electrons. The molecule has 0 radical (unpaired) electrons. The van der Waals surface area contributed by atoms with E-state index >= 15 is 0 Å². The van der Waals surface area contributed by atoms with Crippen LogP contribution in [0.15, 0.2) is 12.3 Å². The SMILES string of the molecule is O=C(NCCOc1ncc(Cl)cc1Cl)C1CCCC1O. The molecule has 0 saturated heterocycles. The van der Waals surface area contributed by atoms with Gasteiger partial charge in [-0.05, 0) is 25.3 Å². The zero-order valence-corrected chi connectivity index (χ0v) is 12.3. The standard InChI is InChI=1S/C13H16Cl2N2O3/c14-8-6-10(15)13(17-7-8)20-5-4-16-12(19)9-2-1-3-11(9)18/h6-7,9,11,18H,1-5H2,(H,16,19). The van der Waals surface area contributed by atoms with Crippen molar-refractivity contribution >= 4 is 29.1 Å². The summed E-state index contributed by atoms with van der Waals surface area (Å²) in [5, 5.41) is 13.1. The molecule has 1 aliphatic rings. The maximum Gasteiger partial charge on any atom is 0.232 e. The Morgan fingerprint density at radius 1 is 1.50 bits per heavy atom. The molecule has 1 aliphatic carbocycles. The molecule has 2 atom stereocenters. The molecule has 5 nitrogen and oxygen atoms in total. The van der Waals surface area contributed by atoms with Gasteiger partial charge in [-0.1, -0.05) is 23.2 Å². The fourth-order valence-corrected chi connectivity index (χ4v) is 2.64. The van der Waals surface area contributed by atoms with Gasteiger partial charge >= 0.3 is 0 Å². The van der Waals surface area contributed by atoms with Gasteiger partial charge in [0.05, 0.1) is 23.6 Å². The number of carbonyl (C=O) groups excluding carboxylic acids is 1. The molecule has 0 spiro atoms. The molecule has 1 aromatic heterocycles. The number of carbonyl (C=O) groups is 1. The van der Waals surface area contributed by atoms with E-state index < -0.39 is 6.10 Å². The summed E-state index contributed by atoms with van der Waals surface area (Å²) >= 11 is 11.6. The van der Waals surface area contributed by atoms with Gasteiger partial charge in [0, 0.05) is 6.20 Å². The van der Waals surface area contributed by atoms with Crippen LogP contribution < -0.4 is 10.1 Å². The fraction of sp³-hybridized carbons (Fsp3) is 0.538. The van der Waals surface area contributed by atoms with Crippen molar-refractivity contribution in [2.24, 2.45) is 5.92 Å². The summed E-state index contributed by atoms with van der Waals surface area (Å²) in [6.07, 6.45) is 3.23. The first-order valence-electron chi connectivity index (χ1n) is 6.47. The molecule has 1 aromatic rings. The quantitative estimate of drug-likeness (QED) is 0.815. The van der Waals surface area contributed by atoms with Crippen molar-refractivity contribution in [3.05, 3.63) is 22.3 Å². The number of hydrogen-bond acceptors (Lipinski definition) is 4. The van der Waals surface area contributed by atoms with Gasteiger partial charge in [0.2, 0.25) is 11.8 Å². The number of rotatable bonds is 5. The van der Waals surface area contributed by atoms with E-state index in [1.165, 1.54) is 6.20 Å². The van der Waals surface area contributed by atoms with Crippen LogP contribution in [0.4, 0.5) is 0 Å². The molecular weight excluding hydrogens is 303 g/mol. The summed E-state index contributed by atoms with van der Waals surface area (Å²) in [6, 6.07) is 1.54. The van der Waals surface area contributed by atoms with Crippen molar-refractivity contribution in [2.45, 2.75) is 25.4 Å².